The van der Waals surface area contributed by atoms with Crippen molar-refractivity contribution in [3.8, 4) is 0 Å². The predicted octanol–water partition coefficient (Wildman–Crippen LogP) is 2.69. The van der Waals surface area contributed by atoms with Crippen molar-refractivity contribution in [2.75, 3.05) is 0 Å². The first-order chi connectivity index (χ1) is 8.98. The van der Waals surface area contributed by atoms with E-state index in [1.165, 1.54) is 0 Å². The summed E-state index contributed by atoms with van der Waals surface area (Å²) in [5.74, 6) is -2.95. The number of alkyl halides is 2. The molecular weight excluding hydrogens is 262 g/mol. The smallest absolute Gasteiger partial charge is 0.248 e. The first-order valence-electron chi connectivity index (χ1n) is 7.42. The van der Waals surface area contributed by atoms with E-state index < -0.39 is 5.92 Å². The topological polar surface area (TPSA) is 55.1 Å². The van der Waals surface area contributed by atoms with Gasteiger partial charge in [-0.05, 0) is 12.8 Å². The van der Waals surface area contributed by atoms with Gasteiger partial charge in [-0.2, -0.15) is 0 Å². The van der Waals surface area contributed by atoms with Crippen LogP contribution in [-0.2, 0) is 4.79 Å². The molecule has 2 fully saturated rings. The largest absolute Gasteiger partial charge is 0.352 e. The molecule has 0 aromatic carbocycles. The Morgan fingerprint density at radius 3 is 2.00 bits per heavy atom. The second-order valence-corrected chi connectivity index (χ2v) is 7.69. The summed E-state index contributed by atoms with van der Waals surface area (Å²) in [4.78, 5) is 12.3. The molecule has 2 saturated carbocycles. The van der Waals surface area contributed by atoms with Gasteiger partial charge in [-0.25, -0.2) is 8.78 Å². The van der Waals surface area contributed by atoms with Gasteiger partial charge in [0.2, 0.25) is 11.8 Å². The van der Waals surface area contributed by atoms with Gasteiger partial charge in [0, 0.05) is 41.7 Å². The highest BCUT2D eigenvalue weighted by molar-refractivity contribution is 5.79. The maximum Gasteiger partial charge on any atom is 0.248 e. The Balaban J connectivity index is 1.96. The lowest BCUT2D eigenvalue weighted by Gasteiger charge is -2.63. The molecule has 5 heteroatoms. The predicted molar refractivity (Wildman–Crippen MR) is 74.4 cm³/mol. The molecule has 0 unspecified atom stereocenters. The van der Waals surface area contributed by atoms with Gasteiger partial charge in [0.1, 0.15) is 0 Å². The van der Waals surface area contributed by atoms with Crippen molar-refractivity contribution < 1.29 is 13.6 Å². The molecule has 116 valence electrons. The van der Waals surface area contributed by atoms with E-state index in [2.05, 4.69) is 5.32 Å². The SMILES string of the molecule is CC1(C)C(N)C(C)(C)C1NC(=O)C1CCC(F)(F)CC1. The molecule has 3 N–H and O–H groups in total. The maximum absolute atomic E-state index is 13.1. The quantitative estimate of drug-likeness (QED) is 0.821. The molecule has 2 aliphatic carbocycles. The first-order valence-corrected chi connectivity index (χ1v) is 7.42. The Kier molecular flexibility index (Phi) is 3.64. The third kappa shape index (κ3) is 2.45. The van der Waals surface area contributed by atoms with Gasteiger partial charge in [0.25, 0.3) is 0 Å². The number of carbonyl (C=O) groups is 1. The third-order valence-electron chi connectivity index (χ3n) is 5.47. The molecule has 0 aromatic rings. The van der Waals surface area contributed by atoms with Crippen LogP contribution in [0.4, 0.5) is 8.78 Å². The first kappa shape index (κ1) is 15.7. The molecule has 0 aliphatic heterocycles. The van der Waals surface area contributed by atoms with Crippen LogP contribution in [0.3, 0.4) is 0 Å². The number of hydrogen-bond donors (Lipinski definition) is 2. The average Bonchev–Trinajstić information content (AvgIpc) is 2.34. The summed E-state index contributed by atoms with van der Waals surface area (Å²) in [6, 6.07) is 0.0240. The monoisotopic (exact) mass is 288 g/mol. The fraction of sp³-hybridized carbons (Fsp3) is 0.933. The van der Waals surface area contributed by atoms with Crippen molar-refractivity contribution in [2.45, 2.75) is 71.4 Å². The molecule has 2 aliphatic rings. The van der Waals surface area contributed by atoms with Crippen LogP contribution in [-0.4, -0.2) is 23.9 Å². The summed E-state index contributed by atoms with van der Waals surface area (Å²) in [5, 5.41) is 3.06. The van der Waals surface area contributed by atoms with Gasteiger partial charge in [-0.3, -0.25) is 4.79 Å². The molecule has 20 heavy (non-hydrogen) atoms. The number of halogens is 2. The molecule has 0 saturated heterocycles. The van der Waals surface area contributed by atoms with Gasteiger partial charge < -0.3 is 11.1 Å². The zero-order chi connectivity index (χ0) is 15.3. The zero-order valence-corrected chi connectivity index (χ0v) is 12.8. The van der Waals surface area contributed by atoms with Gasteiger partial charge >= 0.3 is 0 Å². The lowest BCUT2D eigenvalue weighted by Crippen LogP contribution is -2.76. The van der Waals surface area contributed by atoms with Crippen LogP contribution in [0, 0.1) is 16.7 Å². The van der Waals surface area contributed by atoms with E-state index in [1.54, 1.807) is 0 Å². The second kappa shape index (κ2) is 4.65. The minimum atomic E-state index is -2.59. The minimum Gasteiger partial charge on any atom is -0.352 e. The molecule has 3 nitrogen and oxygen atoms in total. The van der Waals surface area contributed by atoms with Crippen molar-refractivity contribution in [2.24, 2.45) is 22.5 Å². The minimum absolute atomic E-state index is 0.0000586. The summed E-state index contributed by atoms with van der Waals surface area (Å²) >= 11 is 0. The van der Waals surface area contributed by atoms with Crippen LogP contribution in [0.1, 0.15) is 53.4 Å². The standard InChI is InChI=1S/C15H26F2N2O/c1-13(2)11(18)14(3,4)12(13)19-10(20)9-5-7-15(16,17)8-6-9/h9,11-12H,5-8,18H2,1-4H3,(H,19,20). The highest BCUT2D eigenvalue weighted by Gasteiger charge is 2.60. The number of nitrogens with one attached hydrogen (secondary N) is 1. The van der Waals surface area contributed by atoms with E-state index in [0.717, 1.165) is 0 Å². The highest BCUT2D eigenvalue weighted by Crippen LogP contribution is 2.52. The van der Waals surface area contributed by atoms with E-state index >= 15 is 0 Å². The zero-order valence-electron chi connectivity index (χ0n) is 12.8. The third-order valence-corrected chi connectivity index (χ3v) is 5.47. The molecule has 0 bridgehead atoms. The molecule has 0 radical (unpaired) electrons. The van der Waals surface area contributed by atoms with Gasteiger partial charge in [0.15, 0.2) is 0 Å². The summed E-state index contributed by atoms with van der Waals surface area (Å²) in [5.41, 5.74) is 5.85. The number of rotatable bonds is 2. The summed E-state index contributed by atoms with van der Waals surface area (Å²) in [6.45, 7) is 8.18. The van der Waals surface area contributed by atoms with Crippen LogP contribution in [0.25, 0.3) is 0 Å². The Labute approximate surface area is 119 Å². The van der Waals surface area contributed by atoms with Crippen LogP contribution in [0.15, 0.2) is 0 Å². The van der Waals surface area contributed by atoms with E-state index in [0.29, 0.717) is 0 Å². The Bertz CT molecular complexity index is 381. The molecule has 0 heterocycles. The van der Waals surface area contributed by atoms with Crippen molar-refractivity contribution in [1.82, 2.24) is 5.32 Å². The second-order valence-electron chi connectivity index (χ2n) is 7.69. The van der Waals surface area contributed by atoms with Gasteiger partial charge in [0.05, 0.1) is 0 Å². The molecule has 1 amide bonds. The Morgan fingerprint density at radius 1 is 1.10 bits per heavy atom. The summed E-state index contributed by atoms with van der Waals surface area (Å²) < 4.78 is 26.3. The van der Waals surface area contributed by atoms with Crippen molar-refractivity contribution in [3.63, 3.8) is 0 Å². The lowest BCUT2D eigenvalue weighted by molar-refractivity contribution is -0.139. The van der Waals surface area contributed by atoms with Crippen LogP contribution in [0.5, 0.6) is 0 Å². The van der Waals surface area contributed by atoms with E-state index in [9.17, 15) is 13.6 Å². The molecule has 0 spiro atoms. The fourth-order valence-electron chi connectivity index (χ4n) is 4.11. The average molecular weight is 288 g/mol. The summed E-state index contributed by atoms with van der Waals surface area (Å²) in [6.07, 6.45) is 0.195. The molecular formula is C15H26F2N2O. The lowest BCUT2D eigenvalue weighted by atomic mass is 9.48. The molecule has 0 aromatic heterocycles. The maximum atomic E-state index is 13.1. The van der Waals surface area contributed by atoms with Crippen LogP contribution in [0.2, 0.25) is 0 Å². The van der Waals surface area contributed by atoms with Gasteiger partial charge in [-0.15, -0.1) is 0 Å². The van der Waals surface area contributed by atoms with Gasteiger partial charge in [-0.1, -0.05) is 27.7 Å². The van der Waals surface area contributed by atoms with Crippen molar-refractivity contribution >= 4 is 5.91 Å². The van der Waals surface area contributed by atoms with E-state index in [4.69, 9.17) is 5.73 Å². The number of nitrogens with two attached hydrogens (primary N) is 1. The van der Waals surface area contributed by atoms with Crippen LogP contribution >= 0.6 is 0 Å². The fourth-order valence-corrected chi connectivity index (χ4v) is 4.11. The summed E-state index contributed by atoms with van der Waals surface area (Å²) in [7, 11) is 0. The highest BCUT2D eigenvalue weighted by atomic mass is 19.3. The molecule has 0 atom stereocenters. The molecule has 2 rings (SSSR count). The Morgan fingerprint density at radius 2 is 1.55 bits per heavy atom. The van der Waals surface area contributed by atoms with E-state index in [1.807, 2.05) is 27.7 Å². The number of amides is 1. The van der Waals surface area contributed by atoms with Crippen molar-refractivity contribution in [1.29, 1.82) is 0 Å². The number of carbonyl (C=O) groups excluding carboxylic acids is 1. The van der Waals surface area contributed by atoms with Crippen LogP contribution < -0.4 is 11.1 Å². The van der Waals surface area contributed by atoms with Crippen molar-refractivity contribution in [3.05, 3.63) is 0 Å². The Hall–Kier alpha value is -0.710. The van der Waals surface area contributed by atoms with E-state index in [-0.39, 0.29) is 60.4 Å². The normalized spacial score (nSPS) is 35.1. The number of hydrogen-bond acceptors (Lipinski definition) is 2.